The molecule has 1 N–H and O–H groups in total. The number of likely N-dealkylation sites (N-methyl/N-ethyl adjacent to an activating group) is 1. The Kier molecular flexibility index (Phi) is 8.86. The van der Waals surface area contributed by atoms with Crippen LogP contribution in [-0.4, -0.2) is 86.2 Å². The number of ether oxygens (including phenoxy) is 2. The predicted molar refractivity (Wildman–Crippen MR) is 130 cm³/mol. The molecule has 0 saturated carbocycles. The van der Waals surface area contributed by atoms with Crippen LogP contribution in [0.5, 0.6) is 5.88 Å². The molecule has 2 heterocycles. The van der Waals surface area contributed by atoms with Gasteiger partial charge in [-0.05, 0) is 25.1 Å². The molecule has 0 fully saturated rings. The van der Waals surface area contributed by atoms with Crippen LogP contribution in [0.3, 0.4) is 0 Å². The zero-order valence-electron chi connectivity index (χ0n) is 20.3. The molecule has 10 heteroatoms. The molecule has 0 saturated heterocycles. The molecule has 1 aromatic carbocycles. The molecule has 2 aromatic rings. The SMILES string of the molecule is COCC#Cc1cnc2c(c1)C(=O)N([C@H](C)CO)C[C@@H](C)[C@H](CN(C)S(=O)(=O)c1ccccc1)O2. The highest BCUT2D eigenvalue weighted by atomic mass is 32.2. The van der Waals surface area contributed by atoms with Crippen molar-refractivity contribution in [1.82, 2.24) is 14.2 Å². The number of carbonyl (C=O) groups excluding carboxylic acids is 1. The molecule has 1 amide bonds. The number of amides is 1. The number of rotatable bonds is 7. The summed E-state index contributed by atoms with van der Waals surface area (Å²) in [6.45, 7) is 3.96. The molecule has 1 aliphatic heterocycles. The summed E-state index contributed by atoms with van der Waals surface area (Å²) in [6.07, 6.45) is 0.902. The highest BCUT2D eigenvalue weighted by Crippen LogP contribution is 2.28. The number of benzene rings is 1. The van der Waals surface area contributed by atoms with Gasteiger partial charge >= 0.3 is 0 Å². The number of carbonyl (C=O) groups is 1. The van der Waals surface area contributed by atoms with Gasteiger partial charge in [-0.1, -0.05) is 37.0 Å². The third kappa shape index (κ3) is 6.18. The number of methoxy groups -OCH3 is 1. The van der Waals surface area contributed by atoms with E-state index in [1.165, 1.54) is 24.7 Å². The normalized spacial score (nSPS) is 19.1. The average molecular weight is 502 g/mol. The van der Waals surface area contributed by atoms with Crippen LogP contribution >= 0.6 is 0 Å². The number of hydrogen-bond donors (Lipinski definition) is 1. The van der Waals surface area contributed by atoms with Crippen LogP contribution < -0.4 is 4.74 Å². The molecular weight excluding hydrogens is 470 g/mol. The summed E-state index contributed by atoms with van der Waals surface area (Å²) in [4.78, 5) is 19.5. The Morgan fingerprint density at radius 1 is 1.34 bits per heavy atom. The maximum Gasteiger partial charge on any atom is 0.259 e. The van der Waals surface area contributed by atoms with Crippen LogP contribution in [0.15, 0.2) is 47.5 Å². The van der Waals surface area contributed by atoms with E-state index in [2.05, 4.69) is 16.8 Å². The van der Waals surface area contributed by atoms with E-state index in [0.29, 0.717) is 5.56 Å². The number of pyridine rings is 1. The van der Waals surface area contributed by atoms with Gasteiger partial charge in [-0.2, -0.15) is 4.31 Å². The first kappa shape index (κ1) is 26.6. The van der Waals surface area contributed by atoms with Crippen LogP contribution in [0, 0.1) is 17.8 Å². The van der Waals surface area contributed by atoms with Gasteiger partial charge in [0.25, 0.3) is 5.91 Å². The largest absolute Gasteiger partial charge is 0.472 e. The summed E-state index contributed by atoms with van der Waals surface area (Å²) in [5.41, 5.74) is 0.725. The van der Waals surface area contributed by atoms with Crippen molar-refractivity contribution in [3.63, 3.8) is 0 Å². The Hall–Kier alpha value is -2.97. The second-order valence-electron chi connectivity index (χ2n) is 8.53. The molecule has 0 spiro atoms. The molecular formula is C25H31N3O6S. The van der Waals surface area contributed by atoms with E-state index in [4.69, 9.17) is 9.47 Å². The van der Waals surface area contributed by atoms with E-state index in [-0.39, 0.29) is 54.5 Å². The first-order valence-corrected chi connectivity index (χ1v) is 12.7. The van der Waals surface area contributed by atoms with Crippen LogP contribution in [-0.2, 0) is 14.8 Å². The molecule has 0 aliphatic carbocycles. The fourth-order valence-electron chi connectivity index (χ4n) is 3.72. The van der Waals surface area contributed by atoms with Gasteiger partial charge in [0.15, 0.2) is 0 Å². The van der Waals surface area contributed by atoms with Gasteiger partial charge in [0.1, 0.15) is 18.3 Å². The van der Waals surface area contributed by atoms with E-state index in [1.54, 1.807) is 48.2 Å². The average Bonchev–Trinajstić information content (AvgIpc) is 2.86. The van der Waals surface area contributed by atoms with E-state index in [9.17, 15) is 18.3 Å². The predicted octanol–water partition coefficient (Wildman–Crippen LogP) is 1.62. The van der Waals surface area contributed by atoms with Gasteiger partial charge in [-0.25, -0.2) is 13.4 Å². The lowest BCUT2D eigenvalue weighted by molar-refractivity contribution is 0.0373. The monoisotopic (exact) mass is 501 g/mol. The van der Waals surface area contributed by atoms with Gasteiger partial charge in [0.2, 0.25) is 15.9 Å². The number of fused-ring (bicyclic) bond motifs is 1. The molecule has 9 nitrogen and oxygen atoms in total. The van der Waals surface area contributed by atoms with E-state index in [0.717, 1.165) is 0 Å². The number of sulfonamides is 1. The first-order valence-electron chi connectivity index (χ1n) is 11.3. The van der Waals surface area contributed by atoms with Gasteiger partial charge < -0.3 is 19.5 Å². The second kappa shape index (κ2) is 11.6. The zero-order chi connectivity index (χ0) is 25.6. The quantitative estimate of drug-likeness (QED) is 0.574. The summed E-state index contributed by atoms with van der Waals surface area (Å²) in [5, 5.41) is 9.78. The van der Waals surface area contributed by atoms with Gasteiger partial charge in [0, 0.05) is 38.4 Å². The Balaban J connectivity index is 1.97. The standard InChI is InChI=1S/C25H31N3O6S/c1-18-15-28(19(2)17-29)25(30)22-13-20(9-8-12-33-4)14-26-24(22)34-23(18)16-27(3)35(31,32)21-10-6-5-7-11-21/h5-7,10-11,13-14,18-19,23,29H,12,15-17H2,1-4H3/t18-,19-,23+/m1/s1. The minimum atomic E-state index is -3.74. The maximum atomic E-state index is 13.4. The van der Waals surface area contributed by atoms with Gasteiger partial charge in [0.05, 0.1) is 24.1 Å². The van der Waals surface area contributed by atoms with Gasteiger partial charge in [-0.15, -0.1) is 0 Å². The summed E-state index contributed by atoms with van der Waals surface area (Å²) in [7, 11) is -0.706. The van der Waals surface area contributed by atoms with Crippen molar-refractivity contribution in [2.75, 3.05) is 40.5 Å². The number of aliphatic hydroxyl groups is 1. The molecule has 1 aromatic heterocycles. The van der Waals surface area contributed by atoms with Crippen LogP contribution in [0.2, 0.25) is 0 Å². The van der Waals surface area contributed by atoms with Crippen LogP contribution in [0.25, 0.3) is 0 Å². The number of aliphatic hydroxyl groups excluding tert-OH is 1. The fourth-order valence-corrected chi connectivity index (χ4v) is 4.93. The fraction of sp³-hybridized carbons (Fsp3) is 0.440. The third-order valence-electron chi connectivity index (χ3n) is 5.86. The molecule has 3 atom stereocenters. The number of nitrogens with zero attached hydrogens (tertiary/aromatic N) is 3. The van der Waals surface area contributed by atoms with Crippen LogP contribution in [0.1, 0.15) is 29.8 Å². The highest BCUT2D eigenvalue weighted by molar-refractivity contribution is 7.89. The lowest BCUT2D eigenvalue weighted by Crippen LogP contribution is -2.50. The third-order valence-corrected chi connectivity index (χ3v) is 7.70. The van der Waals surface area contributed by atoms with E-state index >= 15 is 0 Å². The van der Waals surface area contributed by atoms with Crippen molar-refractivity contribution in [2.24, 2.45) is 5.92 Å². The Labute approximate surface area is 206 Å². The van der Waals surface area contributed by atoms with Crippen molar-refractivity contribution in [3.8, 4) is 17.7 Å². The Morgan fingerprint density at radius 3 is 2.71 bits per heavy atom. The second-order valence-corrected chi connectivity index (χ2v) is 10.6. The van der Waals surface area contributed by atoms with Gasteiger partial charge in [-0.3, -0.25) is 4.79 Å². The maximum absolute atomic E-state index is 13.4. The van der Waals surface area contributed by atoms with Crippen molar-refractivity contribution in [1.29, 1.82) is 0 Å². The Morgan fingerprint density at radius 2 is 2.06 bits per heavy atom. The Bertz CT molecular complexity index is 1190. The number of aromatic nitrogens is 1. The summed E-state index contributed by atoms with van der Waals surface area (Å²) in [5.74, 6) is 5.24. The highest BCUT2D eigenvalue weighted by Gasteiger charge is 2.35. The molecule has 188 valence electrons. The molecule has 1 aliphatic rings. The van der Waals surface area contributed by atoms with Crippen molar-refractivity contribution < 1.29 is 27.8 Å². The zero-order valence-corrected chi connectivity index (χ0v) is 21.2. The van der Waals surface area contributed by atoms with E-state index in [1.807, 2.05) is 6.92 Å². The summed E-state index contributed by atoms with van der Waals surface area (Å²) >= 11 is 0. The molecule has 35 heavy (non-hydrogen) atoms. The summed E-state index contributed by atoms with van der Waals surface area (Å²) in [6, 6.07) is 9.32. The molecule has 0 radical (unpaired) electrons. The van der Waals surface area contributed by atoms with Crippen molar-refractivity contribution in [3.05, 3.63) is 53.7 Å². The van der Waals surface area contributed by atoms with Crippen molar-refractivity contribution >= 4 is 15.9 Å². The van der Waals surface area contributed by atoms with Crippen LogP contribution in [0.4, 0.5) is 0 Å². The summed E-state index contributed by atoms with van der Waals surface area (Å²) < 4.78 is 38.5. The minimum Gasteiger partial charge on any atom is -0.472 e. The molecule has 0 unspecified atom stereocenters. The number of hydrogen-bond acceptors (Lipinski definition) is 7. The van der Waals surface area contributed by atoms with E-state index < -0.39 is 22.2 Å². The minimum absolute atomic E-state index is 0.0461. The topological polar surface area (TPSA) is 109 Å². The molecule has 0 bridgehead atoms. The lowest BCUT2D eigenvalue weighted by atomic mass is 10.0. The smallest absolute Gasteiger partial charge is 0.259 e. The lowest BCUT2D eigenvalue weighted by Gasteiger charge is -2.37. The first-order chi connectivity index (χ1) is 16.7. The molecule has 3 rings (SSSR count). The van der Waals surface area contributed by atoms with Crippen molar-refractivity contribution in [2.45, 2.75) is 30.9 Å².